The highest BCUT2D eigenvalue weighted by Crippen LogP contribution is 2.27. The zero-order valence-electron chi connectivity index (χ0n) is 14.8. The largest absolute Gasteiger partial charge is 0.494 e. The molecule has 0 radical (unpaired) electrons. The highest BCUT2D eigenvalue weighted by atomic mass is 32.2. The Balaban J connectivity index is 2.19. The summed E-state index contributed by atoms with van der Waals surface area (Å²) in [7, 11) is -7.09. The number of hydrogen-bond acceptors (Lipinski definition) is 6. The highest BCUT2D eigenvalue weighted by Gasteiger charge is 2.45. The molecule has 1 fully saturated rings. The molecule has 1 aliphatic heterocycles. The molecule has 1 aromatic rings. The SMILES string of the molecule is CCCCCN[C@H]1CS(=O)(=O)C[C@@H]1S(=O)(=O)c1ccc(OCC)cc1. The molecule has 2 atom stereocenters. The van der Waals surface area contributed by atoms with Crippen molar-refractivity contribution in [3.05, 3.63) is 24.3 Å². The molecule has 0 aromatic heterocycles. The number of rotatable bonds is 9. The van der Waals surface area contributed by atoms with Gasteiger partial charge in [0.25, 0.3) is 0 Å². The third-order valence-corrected chi connectivity index (χ3v) is 8.52. The summed E-state index contributed by atoms with van der Waals surface area (Å²) in [5.41, 5.74) is 0. The molecular weight excluding hydrogens is 362 g/mol. The number of hydrogen-bond donors (Lipinski definition) is 1. The molecule has 8 heteroatoms. The Morgan fingerprint density at radius 1 is 1.12 bits per heavy atom. The Morgan fingerprint density at radius 3 is 2.40 bits per heavy atom. The van der Waals surface area contributed by atoms with Gasteiger partial charge in [0, 0.05) is 6.04 Å². The van der Waals surface area contributed by atoms with Gasteiger partial charge in [0.1, 0.15) is 5.75 Å². The van der Waals surface area contributed by atoms with Gasteiger partial charge < -0.3 is 10.1 Å². The summed E-state index contributed by atoms with van der Waals surface area (Å²) in [5, 5.41) is 2.20. The van der Waals surface area contributed by atoms with E-state index < -0.39 is 31.0 Å². The van der Waals surface area contributed by atoms with Crippen LogP contribution in [0.2, 0.25) is 0 Å². The van der Waals surface area contributed by atoms with E-state index in [1.54, 1.807) is 12.1 Å². The summed E-state index contributed by atoms with van der Waals surface area (Å²) in [6.45, 7) is 5.06. The average molecular weight is 390 g/mol. The average Bonchev–Trinajstić information content (AvgIpc) is 2.88. The van der Waals surface area contributed by atoms with E-state index in [-0.39, 0.29) is 16.4 Å². The van der Waals surface area contributed by atoms with Crippen LogP contribution in [0, 0.1) is 0 Å². The van der Waals surface area contributed by atoms with E-state index in [4.69, 9.17) is 4.74 Å². The number of benzene rings is 1. The second-order valence-electron chi connectivity index (χ2n) is 6.33. The molecule has 0 spiro atoms. The molecule has 25 heavy (non-hydrogen) atoms. The minimum Gasteiger partial charge on any atom is -0.494 e. The smallest absolute Gasteiger partial charge is 0.183 e. The van der Waals surface area contributed by atoms with Crippen molar-refractivity contribution in [2.75, 3.05) is 24.7 Å². The quantitative estimate of drug-likeness (QED) is 0.648. The summed E-state index contributed by atoms with van der Waals surface area (Å²) in [6.07, 6.45) is 2.99. The number of nitrogens with one attached hydrogen (secondary N) is 1. The molecule has 6 nitrogen and oxygen atoms in total. The molecule has 1 N–H and O–H groups in total. The lowest BCUT2D eigenvalue weighted by Gasteiger charge is -2.20. The molecule has 0 aliphatic carbocycles. The Kier molecular flexibility index (Phi) is 6.87. The van der Waals surface area contributed by atoms with Crippen molar-refractivity contribution in [2.24, 2.45) is 0 Å². The zero-order chi connectivity index (χ0) is 18.5. The lowest BCUT2D eigenvalue weighted by molar-refractivity contribution is 0.340. The molecule has 0 unspecified atom stereocenters. The van der Waals surface area contributed by atoms with E-state index in [0.717, 1.165) is 19.3 Å². The van der Waals surface area contributed by atoms with Crippen molar-refractivity contribution in [1.29, 1.82) is 0 Å². The normalized spacial score (nSPS) is 22.8. The first kappa shape index (κ1) is 20.2. The molecule has 1 aromatic carbocycles. The van der Waals surface area contributed by atoms with Crippen LogP contribution >= 0.6 is 0 Å². The van der Waals surface area contributed by atoms with E-state index in [9.17, 15) is 16.8 Å². The topological polar surface area (TPSA) is 89.5 Å². The molecule has 1 saturated heterocycles. The maximum absolute atomic E-state index is 12.9. The number of sulfone groups is 2. The fraction of sp³-hybridized carbons (Fsp3) is 0.647. The molecule has 0 bridgehead atoms. The predicted molar refractivity (Wildman–Crippen MR) is 98.6 cm³/mol. The monoisotopic (exact) mass is 389 g/mol. The van der Waals surface area contributed by atoms with Crippen LogP contribution in [-0.2, 0) is 19.7 Å². The van der Waals surface area contributed by atoms with Gasteiger partial charge in [0.05, 0.1) is 28.3 Å². The first-order valence-corrected chi connectivity index (χ1v) is 12.1. The Hall–Kier alpha value is -1.12. The van der Waals surface area contributed by atoms with Crippen LogP contribution in [0.25, 0.3) is 0 Å². The molecule has 2 rings (SSSR count). The third kappa shape index (κ3) is 5.18. The summed E-state index contributed by atoms with van der Waals surface area (Å²) < 4.78 is 55.3. The lowest BCUT2D eigenvalue weighted by Crippen LogP contribution is -2.43. The molecule has 0 saturated carbocycles. The molecule has 142 valence electrons. The van der Waals surface area contributed by atoms with Crippen LogP contribution < -0.4 is 10.1 Å². The van der Waals surface area contributed by atoms with Gasteiger partial charge in [0.2, 0.25) is 0 Å². The van der Waals surface area contributed by atoms with Crippen molar-refractivity contribution in [3.63, 3.8) is 0 Å². The predicted octanol–water partition coefficient (Wildman–Crippen LogP) is 1.80. The lowest BCUT2D eigenvalue weighted by atomic mass is 10.2. The van der Waals surface area contributed by atoms with Gasteiger partial charge in [-0.15, -0.1) is 0 Å². The van der Waals surface area contributed by atoms with Crippen LogP contribution in [0.5, 0.6) is 5.75 Å². The van der Waals surface area contributed by atoms with Crippen LogP contribution in [0.15, 0.2) is 29.2 Å². The van der Waals surface area contributed by atoms with Gasteiger partial charge in [-0.2, -0.15) is 0 Å². The van der Waals surface area contributed by atoms with Crippen LogP contribution in [0.1, 0.15) is 33.1 Å². The minimum atomic E-state index is -3.73. The maximum atomic E-state index is 12.9. The third-order valence-electron chi connectivity index (χ3n) is 4.35. The second-order valence-corrected chi connectivity index (χ2v) is 10.7. The molecule has 1 aliphatic rings. The fourth-order valence-corrected chi connectivity index (χ4v) is 7.76. The summed E-state index contributed by atoms with van der Waals surface area (Å²) in [5.74, 6) is 0.142. The zero-order valence-corrected chi connectivity index (χ0v) is 16.4. The Labute approximate surface area is 150 Å². The minimum absolute atomic E-state index is 0.125. The maximum Gasteiger partial charge on any atom is 0.183 e. The Bertz CT molecular complexity index is 757. The molecular formula is C17H27NO5S2. The van der Waals surface area contributed by atoms with Gasteiger partial charge in [-0.25, -0.2) is 16.8 Å². The van der Waals surface area contributed by atoms with Crippen LogP contribution in [0.4, 0.5) is 0 Å². The van der Waals surface area contributed by atoms with E-state index in [1.165, 1.54) is 12.1 Å². The van der Waals surface area contributed by atoms with E-state index in [1.807, 2.05) is 6.92 Å². The van der Waals surface area contributed by atoms with Gasteiger partial charge in [0.15, 0.2) is 19.7 Å². The van der Waals surface area contributed by atoms with Gasteiger partial charge >= 0.3 is 0 Å². The van der Waals surface area contributed by atoms with Gasteiger partial charge in [-0.1, -0.05) is 19.8 Å². The van der Waals surface area contributed by atoms with Crippen molar-refractivity contribution in [2.45, 2.75) is 49.3 Å². The van der Waals surface area contributed by atoms with Crippen molar-refractivity contribution in [3.8, 4) is 5.75 Å². The Morgan fingerprint density at radius 2 is 1.80 bits per heavy atom. The van der Waals surface area contributed by atoms with Gasteiger partial charge in [-0.05, 0) is 44.2 Å². The van der Waals surface area contributed by atoms with Crippen LogP contribution in [-0.4, -0.2) is 52.8 Å². The first-order chi connectivity index (χ1) is 11.8. The van der Waals surface area contributed by atoms with Crippen LogP contribution in [0.3, 0.4) is 0 Å². The summed E-state index contributed by atoms with van der Waals surface area (Å²) in [4.78, 5) is 0.137. The summed E-state index contributed by atoms with van der Waals surface area (Å²) in [6, 6.07) is 5.62. The number of ether oxygens (including phenoxy) is 1. The van der Waals surface area contributed by atoms with Crippen molar-refractivity contribution >= 4 is 19.7 Å². The van der Waals surface area contributed by atoms with E-state index in [0.29, 0.717) is 18.9 Å². The molecule has 0 amide bonds. The van der Waals surface area contributed by atoms with E-state index in [2.05, 4.69) is 12.2 Å². The number of unbranched alkanes of at least 4 members (excludes halogenated alkanes) is 2. The standard InChI is InChI=1S/C17H27NO5S2/c1-3-5-6-11-18-16-12-24(19,20)13-17(16)25(21,22)15-9-7-14(8-10-15)23-4-2/h7-10,16-18H,3-6,11-13H2,1-2H3/t16-,17-/m0/s1. The summed E-state index contributed by atoms with van der Waals surface area (Å²) >= 11 is 0. The van der Waals surface area contributed by atoms with Crippen molar-refractivity contribution in [1.82, 2.24) is 5.32 Å². The van der Waals surface area contributed by atoms with E-state index >= 15 is 0 Å². The van der Waals surface area contributed by atoms with Crippen molar-refractivity contribution < 1.29 is 21.6 Å². The second kappa shape index (κ2) is 8.51. The highest BCUT2D eigenvalue weighted by molar-refractivity contribution is 7.96. The first-order valence-electron chi connectivity index (χ1n) is 8.70. The fourth-order valence-electron chi connectivity index (χ4n) is 3.04. The molecule has 1 heterocycles. The van der Waals surface area contributed by atoms with Gasteiger partial charge in [-0.3, -0.25) is 0 Å².